The van der Waals surface area contributed by atoms with Gasteiger partial charge in [0.25, 0.3) is 0 Å². The van der Waals surface area contributed by atoms with Crippen molar-refractivity contribution in [2.75, 3.05) is 6.61 Å². The van der Waals surface area contributed by atoms with Gasteiger partial charge in [0.1, 0.15) is 0 Å². The molecule has 2 fully saturated rings. The largest absolute Gasteiger partial charge is 0.465 e. The average Bonchev–Trinajstić information content (AvgIpc) is 2.13. The van der Waals surface area contributed by atoms with Crippen molar-refractivity contribution in [2.24, 2.45) is 11.8 Å². The second-order valence-corrected chi connectivity index (χ2v) is 2.29. The van der Waals surface area contributed by atoms with Crippen molar-refractivity contribution in [3.63, 3.8) is 0 Å². The van der Waals surface area contributed by atoms with E-state index < -0.39 is 0 Å². The first-order valence-corrected chi connectivity index (χ1v) is 2.66. The van der Waals surface area contributed by atoms with Crippen LogP contribution in [0.3, 0.4) is 0 Å². The van der Waals surface area contributed by atoms with Crippen molar-refractivity contribution in [2.45, 2.75) is 0 Å². The molecule has 2 atom stereocenters. The van der Waals surface area contributed by atoms with Gasteiger partial charge >= 0.3 is 5.97 Å². The second-order valence-electron chi connectivity index (χ2n) is 2.29. The van der Waals surface area contributed by atoms with Crippen LogP contribution < -0.4 is 0 Å². The number of hydrogen-bond acceptors (Lipinski definition) is 2. The first-order valence-electron chi connectivity index (χ1n) is 2.66. The minimum absolute atomic E-state index is 0.0694. The zero-order valence-electron chi connectivity index (χ0n) is 4.39. The van der Waals surface area contributed by atoms with E-state index >= 15 is 0 Å². The summed E-state index contributed by atoms with van der Waals surface area (Å²) in [6.07, 6.45) is 0. The van der Waals surface area contributed by atoms with Crippen molar-refractivity contribution >= 4 is 5.97 Å². The van der Waals surface area contributed by atoms with Crippen LogP contribution in [0.25, 0.3) is 0 Å². The van der Waals surface area contributed by atoms with Gasteiger partial charge in [-0.25, -0.2) is 0 Å². The van der Waals surface area contributed by atoms with Gasteiger partial charge in [-0.2, -0.15) is 0 Å². The Labute approximate surface area is 47.1 Å². The molecule has 0 N–H and O–H groups in total. The summed E-state index contributed by atoms with van der Waals surface area (Å²) in [7, 11) is 0. The van der Waals surface area contributed by atoms with Crippen LogP contribution in [0.4, 0.5) is 0 Å². The van der Waals surface area contributed by atoms with E-state index in [4.69, 9.17) is 0 Å². The van der Waals surface area contributed by atoms with Crippen molar-refractivity contribution in [3.8, 4) is 0 Å². The third-order valence-electron chi connectivity index (χ3n) is 1.83. The fourth-order valence-electron chi connectivity index (χ4n) is 1.16. The van der Waals surface area contributed by atoms with E-state index in [9.17, 15) is 4.79 Å². The lowest BCUT2D eigenvalue weighted by Gasteiger charge is -1.91. The summed E-state index contributed by atoms with van der Waals surface area (Å²) in [5.41, 5.74) is 1.07. The molecule has 1 saturated carbocycles. The number of esters is 1. The summed E-state index contributed by atoms with van der Waals surface area (Å²) < 4.78 is 4.69. The summed E-state index contributed by atoms with van der Waals surface area (Å²) in [4.78, 5) is 10.5. The van der Waals surface area contributed by atoms with Crippen molar-refractivity contribution < 1.29 is 9.53 Å². The molecule has 1 aliphatic heterocycles. The highest BCUT2D eigenvalue weighted by atomic mass is 16.5. The van der Waals surface area contributed by atoms with Gasteiger partial charge in [-0.05, 0) is 0 Å². The Bertz CT molecular complexity index is 171. The summed E-state index contributed by atoms with van der Waals surface area (Å²) in [5, 5.41) is 0. The number of ether oxygens (including phenoxy) is 1. The van der Waals surface area contributed by atoms with Gasteiger partial charge in [0, 0.05) is 5.92 Å². The average molecular weight is 110 g/mol. The summed E-state index contributed by atoms with van der Waals surface area (Å²) in [6, 6.07) is 0. The van der Waals surface area contributed by atoms with Crippen molar-refractivity contribution in [1.29, 1.82) is 0 Å². The normalized spacial score (nSPS) is 41.5. The van der Waals surface area contributed by atoms with E-state index in [0.717, 1.165) is 5.57 Å². The van der Waals surface area contributed by atoms with E-state index in [2.05, 4.69) is 11.3 Å². The van der Waals surface area contributed by atoms with E-state index in [-0.39, 0.29) is 11.9 Å². The predicted octanol–water partition coefficient (Wildman–Crippen LogP) is 0.345. The van der Waals surface area contributed by atoms with Crippen molar-refractivity contribution in [1.82, 2.24) is 0 Å². The Morgan fingerprint density at radius 1 is 1.75 bits per heavy atom. The number of fused-ring (bicyclic) bond motifs is 1. The lowest BCUT2D eigenvalue weighted by atomic mass is 10.4. The third-order valence-corrected chi connectivity index (χ3v) is 1.83. The van der Waals surface area contributed by atoms with E-state index in [1.165, 1.54) is 0 Å². The topological polar surface area (TPSA) is 26.3 Å². The highest BCUT2D eigenvalue weighted by molar-refractivity contribution is 5.84. The maximum Gasteiger partial charge on any atom is 0.313 e. The fourth-order valence-corrected chi connectivity index (χ4v) is 1.16. The molecular weight excluding hydrogens is 104 g/mol. The standard InChI is InChI=1S/C6H6O2/c1-3-4-2-8-6(7)5(3)4/h4-5H,1-2H2/t4-,5+/m1/s1. The van der Waals surface area contributed by atoms with Crippen LogP contribution in [0, 0.1) is 11.8 Å². The van der Waals surface area contributed by atoms with Gasteiger partial charge in [0.15, 0.2) is 0 Å². The molecule has 1 aliphatic carbocycles. The minimum atomic E-state index is -0.0694. The maximum atomic E-state index is 10.5. The Balaban J connectivity index is 2.29. The molecular formula is C6H6O2. The quantitative estimate of drug-likeness (QED) is 0.332. The molecule has 0 unspecified atom stereocenters. The number of carbonyl (C=O) groups is 1. The molecule has 42 valence electrons. The summed E-state index contributed by atoms with van der Waals surface area (Å²) >= 11 is 0. The van der Waals surface area contributed by atoms with Crippen LogP contribution in [0.1, 0.15) is 0 Å². The van der Waals surface area contributed by atoms with Crippen LogP contribution >= 0.6 is 0 Å². The molecule has 0 aromatic rings. The van der Waals surface area contributed by atoms with Crippen LogP contribution in [0.2, 0.25) is 0 Å². The second kappa shape index (κ2) is 0.966. The Kier molecular flexibility index (Phi) is 0.498. The Morgan fingerprint density at radius 3 is 2.75 bits per heavy atom. The highest BCUT2D eigenvalue weighted by Crippen LogP contribution is 2.49. The predicted molar refractivity (Wildman–Crippen MR) is 27.1 cm³/mol. The zero-order valence-corrected chi connectivity index (χ0v) is 4.39. The Morgan fingerprint density at radius 2 is 2.50 bits per heavy atom. The molecule has 2 heteroatoms. The maximum absolute atomic E-state index is 10.5. The van der Waals surface area contributed by atoms with Gasteiger partial charge < -0.3 is 4.74 Å². The van der Waals surface area contributed by atoms with Crippen LogP contribution in [0.15, 0.2) is 12.2 Å². The van der Waals surface area contributed by atoms with E-state index in [0.29, 0.717) is 12.5 Å². The molecule has 8 heavy (non-hydrogen) atoms. The molecule has 2 nitrogen and oxygen atoms in total. The zero-order chi connectivity index (χ0) is 5.72. The molecule has 1 heterocycles. The molecule has 2 rings (SSSR count). The van der Waals surface area contributed by atoms with E-state index in [1.807, 2.05) is 0 Å². The summed E-state index contributed by atoms with van der Waals surface area (Å²) in [6.45, 7) is 4.29. The van der Waals surface area contributed by atoms with Gasteiger partial charge in [0.05, 0.1) is 12.5 Å². The van der Waals surface area contributed by atoms with Crippen molar-refractivity contribution in [3.05, 3.63) is 12.2 Å². The number of cyclic esters (lactones) is 1. The van der Waals surface area contributed by atoms with Gasteiger partial charge in [0.2, 0.25) is 0 Å². The molecule has 1 saturated heterocycles. The molecule has 2 aliphatic rings. The third kappa shape index (κ3) is 0.278. The molecule has 0 radical (unpaired) electrons. The monoisotopic (exact) mass is 110 g/mol. The van der Waals surface area contributed by atoms with Crippen LogP contribution in [0.5, 0.6) is 0 Å². The first-order chi connectivity index (χ1) is 3.80. The number of hydrogen-bond donors (Lipinski definition) is 0. The lowest BCUT2D eigenvalue weighted by Crippen LogP contribution is -1.99. The Hall–Kier alpha value is -0.790. The van der Waals surface area contributed by atoms with E-state index in [1.54, 1.807) is 0 Å². The van der Waals surface area contributed by atoms with Crippen LogP contribution in [-0.4, -0.2) is 12.6 Å². The van der Waals surface area contributed by atoms with Crippen LogP contribution in [-0.2, 0) is 9.53 Å². The van der Waals surface area contributed by atoms with Gasteiger partial charge in [-0.15, -0.1) is 0 Å². The highest BCUT2D eigenvalue weighted by Gasteiger charge is 2.54. The fraction of sp³-hybridized carbons (Fsp3) is 0.500. The van der Waals surface area contributed by atoms with Gasteiger partial charge in [-0.1, -0.05) is 12.2 Å². The minimum Gasteiger partial charge on any atom is -0.465 e. The SMILES string of the molecule is C=C1[C@@H]2C(=O)OC[C@H]12. The molecule has 0 aromatic carbocycles. The number of carbonyl (C=O) groups excluding carboxylic acids is 1. The molecule has 0 spiro atoms. The smallest absolute Gasteiger partial charge is 0.313 e. The lowest BCUT2D eigenvalue weighted by molar-refractivity contribution is -0.140. The summed E-state index contributed by atoms with van der Waals surface area (Å²) in [5.74, 6) is 0.414. The number of rotatable bonds is 0. The first kappa shape index (κ1) is 4.13. The molecule has 0 amide bonds. The molecule has 0 bridgehead atoms. The van der Waals surface area contributed by atoms with Gasteiger partial charge in [-0.3, -0.25) is 4.79 Å². The molecule has 0 aromatic heterocycles.